The van der Waals surface area contributed by atoms with Crippen LogP contribution in [0.4, 0.5) is 0 Å². The Hall–Kier alpha value is -1.63. The second-order valence-corrected chi connectivity index (χ2v) is 6.21. The maximum Gasteiger partial charge on any atom is 0.326 e. The van der Waals surface area contributed by atoms with Crippen LogP contribution in [0.2, 0.25) is 0 Å². The van der Waals surface area contributed by atoms with Crippen LogP contribution >= 0.6 is 0 Å². The van der Waals surface area contributed by atoms with E-state index in [1.165, 1.54) is 7.11 Å². The molecule has 1 amide bonds. The summed E-state index contributed by atoms with van der Waals surface area (Å²) in [5.41, 5.74) is 5.50. The summed E-state index contributed by atoms with van der Waals surface area (Å²) in [6.07, 6.45) is 0.472. The Bertz CT molecular complexity index is 376. The van der Waals surface area contributed by atoms with Crippen LogP contribution in [0.5, 0.6) is 0 Å². The number of carboxylic acids is 1. The molecule has 1 unspecified atom stereocenters. The van der Waals surface area contributed by atoms with Gasteiger partial charge in [-0.15, -0.1) is 0 Å². The molecule has 7 nitrogen and oxygen atoms in total. The number of hydrogen-bond donors (Lipinski definition) is 3. The first-order valence-corrected chi connectivity index (χ1v) is 6.90. The predicted octanol–water partition coefficient (Wildman–Crippen LogP) is 0.520. The predicted molar refractivity (Wildman–Crippen MR) is 77.4 cm³/mol. The number of carbonyl (C=O) groups is 3. The SMILES string of the molecule is COC(=O)CC[C@@H](NC(=O)C(CN)CC(C)(C)C)C(=O)O. The van der Waals surface area contributed by atoms with Crippen LogP contribution in [0.15, 0.2) is 0 Å². The van der Waals surface area contributed by atoms with Crippen molar-refractivity contribution in [3.63, 3.8) is 0 Å². The van der Waals surface area contributed by atoms with Gasteiger partial charge in [0.25, 0.3) is 0 Å². The Morgan fingerprint density at radius 1 is 1.29 bits per heavy atom. The van der Waals surface area contributed by atoms with Crippen molar-refractivity contribution < 1.29 is 24.2 Å². The highest BCUT2D eigenvalue weighted by molar-refractivity contribution is 5.85. The number of methoxy groups -OCH3 is 1. The van der Waals surface area contributed by atoms with Gasteiger partial charge in [-0.1, -0.05) is 20.8 Å². The number of carbonyl (C=O) groups excluding carboxylic acids is 2. The Balaban J connectivity index is 4.64. The molecule has 21 heavy (non-hydrogen) atoms. The quantitative estimate of drug-likeness (QED) is 0.562. The number of amides is 1. The van der Waals surface area contributed by atoms with Crippen LogP contribution in [0.3, 0.4) is 0 Å². The summed E-state index contributed by atoms with van der Waals surface area (Å²) < 4.78 is 4.46. The van der Waals surface area contributed by atoms with E-state index in [2.05, 4.69) is 10.1 Å². The average molecular weight is 302 g/mol. The van der Waals surface area contributed by atoms with Gasteiger partial charge in [0.2, 0.25) is 5.91 Å². The van der Waals surface area contributed by atoms with Crippen LogP contribution in [0.1, 0.15) is 40.0 Å². The summed E-state index contributed by atoms with van der Waals surface area (Å²) in [7, 11) is 1.23. The molecule has 0 saturated carbocycles. The second-order valence-electron chi connectivity index (χ2n) is 6.21. The van der Waals surface area contributed by atoms with Gasteiger partial charge < -0.3 is 20.9 Å². The molecule has 4 N–H and O–H groups in total. The van der Waals surface area contributed by atoms with E-state index < -0.39 is 29.8 Å². The maximum atomic E-state index is 12.1. The molecule has 0 bridgehead atoms. The first-order valence-electron chi connectivity index (χ1n) is 6.90. The molecule has 0 aromatic rings. The molecular weight excluding hydrogens is 276 g/mol. The maximum absolute atomic E-state index is 12.1. The lowest BCUT2D eigenvalue weighted by molar-refractivity contribution is -0.144. The highest BCUT2D eigenvalue weighted by atomic mass is 16.5. The summed E-state index contributed by atoms with van der Waals surface area (Å²) >= 11 is 0. The third-order valence-corrected chi connectivity index (χ3v) is 2.99. The first kappa shape index (κ1) is 19.4. The molecule has 2 atom stereocenters. The summed E-state index contributed by atoms with van der Waals surface area (Å²) in [5.74, 6) is -2.55. The van der Waals surface area contributed by atoms with Gasteiger partial charge in [0.05, 0.1) is 13.0 Å². The van der Waals surface area contributed by atoms with Gasteiger partial charge in [-0.05, 0) is 18.3 Å². The molecule has 0 saturated heterocycles. The van der Waals surface area contributed by atoms with Crippen molar-refractivity contribution in [1.82, 2.24) is 5.32 Å². The molecule has 122 valence electrons. The third-order valence-electron chi connectivity index (χ3n) is 2.99. The van der Waals surface area contributed by atoms with Gasteiger partial charge in [-0.25, -0.2) is 4.79 Å². The lowest BCUT2D eigenvalue weighted by atomic mass is 9.84. The molecule has 0 aliphatic rings. The van der Waals surface area contributed by atoms with Crippen LogP contribution in [-0.4, -0.2) is 42.6 Å². The molecule has 0 fully saturated rings. The summed E-state index contributed by atoms with van der Waals surface area (Å²) in [6, 6.07) is -1.12. The van der Waals surface area contributed by atoms with Crippen molar-refractivity contribution in [3.8, 4) is 0 Å². The fraction of sp³-hybridized carbons (Fsp3) is 0.786. The molecule has 7 heteroatoms. The highest BCUT2D eigenvalue weighted by Crippen LogP contribution is 2.24. The minimum absolute atomic E-state index is 0.0133. The van der Waals surface area contributed by atoms with Crippen molar-refractivity contribution in [3.05, 3.63) is 0 Å². The topological polar surface area (TPSA) is 119 Å². The Kier molecular flexibility index (Phi) is 7.94. The summed E-state index contributed by atoms with van der Waals surface area (Å²) in [5, 5.41) is 11.5. The smallest absolute Gasteiger partial charge is 0.326 e. The number of aliphatic carboxylic acids is 1. The van der Waals surface area contributed by atoms with E-state index in [9.17, 15) is 14.4 Å². The fourth-order valence-electron chi connectivity index (χ4n) is 1.93. The van der Waals surface area contributed by atoms with Gasteiger partial charge in [0.15, 0.2) is 0 Å². The summed E-state index contributed by atoms with van der Waals surface area (Å²) in [6.45, 7) is 6.09. The standard InChI is InChI=1S/C14H26N2O5/c1-14(2,3)7-9(8-15)12(18)16-10(13(19)20)5-6-11(17)21-4/h9-10H,5-8,15H2,1-4H3,(H,16,18)(H,19,20)/t9?,10-/m1/s1. The van der Waals surface area contributed by atoms with E-state index in [0.717, 1.165) is 0 Å². The van der Waals surface area contributed by atoms with E-state index in [1.54, 1.807) is 0 Å². The minimum atomic E-state index is -1.18. The Labute approximate surface area is 125 Å². The lowest BCUT2D eigenvalue weighted by Crippen LogP contribution is -2.46. The zero-order chi connectivity index (χ0) is 16.6. The number of rotatable bonds is 8. The van der Waals surface area contributed by atoms with Gasteiger partial charge in [0, 0.05) is 13.0 Å². The van der Waals surface area contributed by atoms with Crippen LogP contribution in [-0.2, 0) is 19.1 Å². The van der Waals surface area contributed by atoms with Crippen molar-refractivity contribution in [2.45, 2.75) is 46.1 Å². The molecular formula is C14H26N2O5. The Morgan fingerprint density at radius 3 is 2.24 bits per heavy atom. The average Bonchev–Trinajstić information content (AvgIpc) is 2.38. The van der Waals surface area contributed by atoms with E-state index in [-0.39, 0.29) is 24.8 Å². The zero-order valence-corrected chi connectivity index (χ0v) is 13.1. The molecule has 0 aromatic carbocycles. The van der Waals surface area contributed by atoms with Gasteiger partial charge in [0.1, 0.15) is 6.04 Å². The van der Waals surface area contributed by atoms with Crippen LogP contribution in [0.25, 0.3) is 0 Å². The molecule has 0 aliphatic carbocycles. The Morgan fingerprint density at radius 2 is 1.86 bits per heavy atom. The monoisotopic (exact) mass is 302 g/mol. The first-order chi connectivity index (χ1) is 9.60. The molecule has 0 aliphatic heterocycles. The largest absolute Gasteiger partial charge is 0.480 e. The fourth-order valence-corrected chi connectivity index (χ4v) is 1.93. The number of esters is 1. The number of nitrogens with two attached hydrogens (primary N) is 1. The number of nitrogens with one attached hydrogen (secondary N) is 1. The molecule has 0 aromatic heterocycles. The van der Waals surface area contributed by atoms with Crippen molar-refractivity contribution in [2.75, 3.05) is 13.7 Å². The second kappa shape index (κ2) is 8.61. The van der Waals surface area contributed by atoms with E-state index in [1.807, 2.05) is 20.8 Å². The van der Waals surface area contributed by atoms with Gasteiger partial charge in [-0.2, -0.15) is 0 Å². The normalized spacial score (nSPS) is 14.1. The van der Waals surface area contributed by atoms with Crippen molar-refractivity contribution >= 4 is 17.8 Å². The van der Waals surface area contributed by atoms with E-state index in [4.69, 9.17) is 10.8 Å². The minimum Gasteiger partial charge on any atom is -0.480 e. The highest BCUT2D eigenvalue weighted by Gasteiger charge is 2.28. The zero-order valence-electron chi connectivity index (χ0n) is 13.1. The number of carboxylic acid groups (broad SMARTS) is 1. The van der Waals surface area contributed by atoms with Crippen molar-refractivity contribution in [1.29, 1.82) is 0 Å². The van der Waals surface area contributed by atoms with Crippen LogP contribution in [0, 0.1) is 11.3 Å². The van der Waals surface area contributed by atoms with Gasteiger partial charge >= 0.3 is 11.9 Å². The summed E-state index contributed by atoms with van der Waals surface area (Å²) in [4.78, 5) is 34.3. The third kappa shape index (κ3) is 8.29. The molecule has 0 spiro atoms. The molecule has 0 rings (SSSR count). The number of ether oxygens (including phenoxy) is 1. The van der Waals surface area contributed by atoms with Crippen LogP contribution < -0.4 is 11.1 Å². The van der Waals surface area contributed by atoms with E-state index >= 15 is 0 Å². The van der Waals surface area contributed by atoms with Crippen molar-refractivity contribution in [2.24, 2.45) is 17.1 Å². The molecule has 0 heterocycles. The van der Waals surface area contributed by atoms with Gasteiger partial charge in [-0.3, -0.25) is 9.59 Å². The number of hydrogen-bond acceptors (Lipinski definition) is 5. The molecule has 0 radical (unpaired) electrons. The van der Waals surface area contributed by atoms with E-state index in [0.29, 0.717) is 6.42 Å². The lowest BCUT2D eigenvalue weighted by Gasteiger charge is -2.25.